The molecule has 0 unspecified atom stereocenters. The van der Waals surface area contributed by atoms with E-state index in [-0.39, 0.29) is 16.3 Å². The summed E-state index contributed by atoms with van der Waals surface area (Å²) in [7, 11) is 0. The second kappa shape index (κ2) is 8.16. The number of ether oxygens (including phenoxy) is 1. The lowest BCUT2D eigenvalue weighted by Crippen LogP contribution is -2.12. The molecule has 0 saturated heterocycles. The molecule has 2 aromatic carbocycles. The molecule has 0 aliphatic heterocycles. The minimum Gasteiger partial charge on any atom is -0.439 e. The van der Waals surface area contributed by atoms with E-state index < -0.39 is 10.8 Å². The summed E-state index contributed by atoms with van der Waals surface area (Å²) in [6.45, 7) is 0. The molecule has 3 rings (SSSR count). The number of rotatable bonds is 5. The van der Waals surface area contributed by atoms with Crippen molar-refractivity contribution in [3.05, 3.63) is 87.1 Å². The molecule has 0 fully saturated rings. The van der Waals surface area contributed by atoms with Gasteiger partial charge in [0.15, 0.2) is 0 Å². The summed E-state index contributed by atoms with van der Waals surface area (Å²) in [4.78, 5) is 26.6. The monoisotopic (exact) mass is 394 g/mol. The van der Waals surface area contributed by atoms with Crippen molar-refractivity contribution >= 4 is 28.9 Å². The number of nitrogens with zero attached hydrogens (tertiary/aromatic N) is 3. The number of carbonyl (C=O) groups is 1. The predicted octanol–water partition coefficient (Wildman–Crippen LogP) is 4.56. The number of pyridine rings is 1. The van der Waals surface area contributed by atoms with E-state index in [1.54, 1.807) is 36.4 Å². The molecule has 0 radical (unpaired) electrons. The number of nitriles is 1. The highest BCUT2D eigenvalue weighted by Crippen LogP contribution is 2.25. The number of benzene rings is 2. The fourth-order valence-electron chi connectivity index (χ4n) is 2.23. The van der Waals surface area contributed by atoms with Crippen LogP contribution in [0.25, 0.3) is 0 Å². The molecule has 0 aliphatic rings. The molecule has 0 bridgehead atoms. The molecule has 0 aliphatic carbocycles. The summed E-state index contributed by atoms with van der Waals surface area (Å²) in [6.07, 6.45) is 1.40. The molecule has 0 atom stereocenters. The van der Waals surface area contributed by atoms with E-state index >= 15 is 0 Å². The SMILES string of the molecule is N#Cc1ccc(Oc2ccc(NC(=O)c3cc([N+](=O)[O-])ccc3Cl)cc2)nc1. The summed E-state index contributed by atoms with van der Waals surface area (Å²) in [5, 5.41) is 22.3. The fourth-order valence-corrected chi connectivity index (χ4v) is 2.44. The number of carbonyl (C=O) groups excluding carboxylic acids is 1. The summed E-state index contributed by atoms with van der Waals surface area (Å²) in [6, 6.07) is 15.2. The zero-order valence-corrected chi connectivity index (χ0v) is 14.9. The maximum absolute atomic E-state index is 12.4. The molecule has 138 valence electrons. The minimum atomic E-state index is -0.601. The smallest absolute Gasteiger partial charge is 0.270 e. The van der Waals surface area contributed by atoms with Gasteiger partial charge < -0.3 is 10.1 Å². The van der Waals surface area contributed by atoms with Crippen molar-refractivity contribution in [2.24, 2.45) is 0 Å². The van der Waals surface area contributed by atoms with Crippen LogP contribution in [-0.4, -0.2) is 15.8 Å². The van der Waals surface area contributed by atoms with Gasteiger partial charge in [-0.3, -0.25) is 14.9 Å². The summed E-state index contributed by atoms with van der Waals surface area (Å²) in [5.41, 5.74) is 0.643. The highest BCUT2D eigenvalue weighted by molar-refractivity contribution is 6.34. The van der Waals surface area contributed by atoms with Crippen molar-refractivity contribution in [2.75, 3.05) is 5.32 Å². The zero-order chi connectivity index (χ0) is 20.1. The average molecular weight is 395 g/mol. The number of anilines is 1. The number of amides is 1. The number of nitro groups is 1. The number of nitrogens with one attached hydrogen (secondary N) is 1. The van der Waals surface area contributed by atoms with Gasteiger partial charge in [-0.05, 0) is 36.4 Å². The Bertz CT molecular complexity index is 1080. The summed E-state index contributed by atoms with van der Waals surface area (Å²) in [5.74, 6) is 0.221. The van der Waals surface area contributed by atoms with Crippen LogP contribution >= 0.6 is 11.6 Å². The van der Waals surface area contributed by atoms with Crippen molar-refractivity contribution < 1.29 is 14.5 Å². The van der Waals surface area contributed by atoms with Gasteiger partial charge in [0, 0.05) is 30.1 Å². The molecule has 1 heterocycles. The van der Waals surface area contributed by atoms with Crippen molar-refractivity contribution in [1.82, 2.24) is 4.98 Å². The van der Waals surface area contributed by atoms with Crippen molar-refractivity contribution in [3.8, 4) is 17.7 Å². The molecule has 1 amide bonds. The molecule has 0 spiro atoms. The van der Waals surface area contributed by atoms with Gasteiger partial charge >= 0.3 is 0 Å². The maximum atomic E-state index is 12.4. The zero-order valence-electron chi connectivity index (χ0n) is 14.1. The lowest BCUT2D eigenvalue weighted by Gasteiger charge is -2.08. The second-order valence-electron chi connectivity index (χ2n) is 5.50. The Kier molecular flexibility index (Phi) is 5.48. The van der Waals surface area contributed by atoms with Crippen LogP contribution in [0, 0.1) is 21.4 Å². The highest BCUT2D eigenvalue weighted by atomic mass is 35.5. The standard InChI is InChI=1S/C19H11ClN4O4/c20-17-7-4-14(24(26)27)9-16(17)19(25)23-13-2-5-15(6-3-13)28-18-8-1-12(10-21)11-22-18/h1-9,11H,(H,23,25). The number of aromatic nitrogens is 1. The number of non-ortho nitro benzene ring substituents is 1. The molecular formula is C19H11ClN4O4. The minimum absolute atomic E-state index is 0.00187. The van der Waals surface area contributed by atoms with Crippen LogP contribution in [0.3, 0.4) is 0 Å². The third-order valence-corrected chi connectivity index (χ3v) is 3.94. The number of hydrogen-bond donors (Lipinski definition) is 1. The topological polar surface area (TPSA) is 118 Å². The second-order valence-corrected chi connectivity index (χ2v) is 5.91. The van der Waals surface area contributed by atoms with Crippen molar-refractivity contribution in [1.29, 1.82) is 5.26 Å². The Balaban J connectivity index is 1.70. The van der Waals surface area contributed by atoms with Gasteiger partial charge in [-0.15, -0.1) is 0 Å². The van der Waals surface area contributed by atoms with Gasteiger partial charge in [0.2, 0.25) is 5.88 Å². The van der Waals surface area contributed by atoms with E-state index in [1.165, 1.54) is 18.3 Å². The lowest BCUT2D eigenvalue weighted by atomic mass is 10.2. The summed E-state index contributed by atoms with van der Waals surface area (Å²) < 4.78 is 5.55. The first-order valence-corrected chi connectivity index (χ1v) is 8.23. The fraction of sp³-hybridized carbons (Fsp3) is 0. The van der Waals surface area contributed by atoms with Crippen LogP contribution in [-0.2, 0) is 0 Å². The number of hydrogen-bond acceptors (Lipinski definition) is 6. The van der Waals surface area contributed by atoms with Gasteiger partial charge in [0.25, 0.3) is 11.6 Å². The Morgan fingerprint density at radius 1 is 1.18 bits per heavy atom. The summed E-state index contributed by atoms with van der Waals surface area (Å²) >= 11 is 5.97. The van der Waals surface area contributed by atoms with Crippen LogP contribution in [0.1, 0.15) is 15.9 Å². The van der Waals surface area contributed by atoms with Gasteiger partial charge in [-0.25, -0.2) is 4.98 Å². The predicted molar refractivity (Wildman–Crippen MR) is 102 cm³/mol. The van der Waals surface area contributed by atoms with Crippen LogP contribution in [0.4, 0.5) is 11.4 Å². The Hall–Kier alpha value is -3.96. The van der Waals surface area contributed by atoms with Crippen molar-refractivity contribution in [3.63, 3.8) is 0 Å². The Morgan fingerprint density at radius 3 is 2.54 bits per heavy atom. The van der Waals surface area contributed by atoms with Crippen LogP contribution < -0.4 is 10.1 Å². The molecule has 1 N–H and O–H groups in total. The molecule has 3 aromatic rings. The van der Waals surface area contributed by atoms with Gasteiger partial charge in [-0.1, -0.05) is 11.6 Å². The third kappa shape index (κ3) is 4.41. The number of halogens is 1. The van der Waals surface area contributed by atoms with Crippen LogP contribution in [0.15, 0.2) is 60.8 Å². The molecule has 28 heavy (non-hydrogen) atoms. The average Bonchev–Trinajstić information content (AvgIpc) is 2.70. The van der Waals surface area contributed by atoms with Gasteiger partial charge in [-0.2, -0.15) is 5.26 Å². The van der Waals surface area contributed by atoms with E-state index in [0.717, 1.165) is 6.07 Å². The van der Waals surface area contributed by atoms with Gasteiger partial charge in [0.1, 0.15) is 11.8 Å². The first-order chi connectivity index (χ1) is 13.5. The Morgan fingerprint density at radius 2 is 1.93 bits per heavy atom. The molecular weight excluding hydrogens is 384 g/mol. The normalized spacial score (nSPS) is 10.0. The van der Waals surface area contributed by atoms with Gasteiger partial charge in [0.05, 0.1) is 21.1 Å². The lowest BCUT2D eigenvalue weighted by molar-refractivity contribution is -0.384. The van der Waals surface area contributed by atoms with E-state index in [4.69, 9.17) is 21.6 Å². The largest absolute Gasteiger partial charge is 0.439 e. The first-order valence-electron chi connectivity index (χ1n) is 7.85. The molecule has 0 saturated carbocycles. The van der Waals surface area contributed by atoms with Crippen LogP contribution in [0.5, 0.6) is 11.6 Å². The molecule has 8 nitrogen and oxygen atoms in total. The van der Waals surface area contributed by atoms with E-state index in [1.807, 2.05) is 6.07 Å². The third-order valence-electron chi connectivity index (χ3n) is 3.61. The Labute approximate surface area is 164 Å². The quantitative estimate of drug-likeness (QED) is 0.500. The molecule has 1 aromatic heterocycles. The maximum Gasteiger partial charge on any atom is 0.270 e. The van der Waals surface area contributed by atoms with Crippen molar-refractivity contribution in [2.45, 2.75) is 0 Å². The van der Waals surface area contributed by atoms with E-state index in [0.29, 0.717) is 22.9 Å². The highest BCUT2D eigenvalue weighted by Gasteiger charge is 2.16. The molecule has 9 heteroatoms. The van der Waals surface area contributed by atoms with Crippen LogP contribution in [0.2, 0.25) is 5.02 Å². The first kappa shape index (κ1) is 18.8. The number of nitro benzene ring substituents is 1. The van der Waals surface area contributed by atoms with E-state index in [2.05, 4.69) is 10.3 Å². The van der Waals surface area contributed by atoms with E-state index in [9.17, 15) is 14.9 Å².